The molecule has 3 N–H and O–H groups in total. The zero-order valence-corrected chi connectivity index (χ0v) is 12.7. The molecular formula is C12H16BrN3OS. The number of benzene rings is 1. The minimum atomic E-state index is 0.204. The molecule has 0 unspecified atom stereocenters. The predicted molar refractivity (Wildman–Crippen MR) is 82.0 cm³/mol. The van der Waals surface area contributed by atoms with Gasteiger partial charge in [0.05, 0.1) is 5.71 Å². The standard InChI is InChI=1S/C12H16BrN3OS/c1-3-10(15-16-12(18)14-4-2)9-7-8(13)5-6-11(9)17/h5-7,17H,3-4H2,1-2H3,(H2,14,16,18)/b15-10+. The van der Waals surface area contributed by atoms with E-state index < -0.39 is 0 Å². The number of nitrogens with one attached hydrogen (secondary N) is 2. The van der Waals surface area contributed by atoms with Crippen LogP contribution in [0.4, 0.5) is 0 Å². The Hall–Kier alpha value is -1.14. The summed E-state index contributed by atoms with van der Waals surface area (Å²) in [7, 11) is 0. The number of hydrogen-bond acceptors (Lipinski definition) is 3. The lowest BCUT2D eigenvalue weighted by molar-refractivity contribution is 0.474. The van der Waals surface area contributed by atoms with E-state index in [-0.39, 0.29) is 5.75 Å². The number of phenols is 1. The van der Waals surface area contributed by atoms with E-state index in [0.29, 0.717) is 17.1 Å². The van der Waals surface area contributed by atoms with Crippen molar-refractivity contribution >= 4 is 39.0 Å². The van der Waals surface area contributed by atoms with Gasteiger partial charge in [0, 0.05) is 16.6 Å². The molecule has 0 aliphatic carbocycles. The van der Waals surface area contributed by atoms with Crippen molar-refractivity contribution in [2.45, 2.75) is 20.3 Å². The first-order valence-corrected chi connectivity index (χ1v) is 6.87. The molecule has 0 saturated carbocycles. The van der Waals surface area contributed by atoms with Crippen LogP contribution in [0.2, 0.25) is 0 Å². The maximum atomic E-state index is 9.83. The van der Waals surface area contributed by atoms with Crippen LogP contribution in [0.5, 0.6) is 5.75 Å². The van der Waals surface area contributed by atoms with Gasteiger partial charge in [0.1, 0.15) is 5.75 Å². The largest absolute Gasteiger partial charge is 0.507 e. The highest BCUT2D eigenvalue weighted by Gasteiger charge is 2.08. The molecule has 0 amide bonds. The smallest absolute Gasteiger partial charge is 0.186 e. The van der Waals surface area contributed by atoms with Crippen LogP contribution in [0, 0.1) is 0 Å². The van der Waals surface area contributed by atoms with Gasteiger partial charge in [0.25, 0.3) is 0 Å². The fourth-order valence-corrected chi connectivity index (χ4v) is 1.94. The Morgan fingerprint density at radius 1 is 1.44 bits per heavy atom. The number of rotatable bonds is 4. The van der Waals surface area contributed by atoms with Gasteiger partial charge >= 0.3 is 0 Å². The first kappa shape index (κ1) is 14.9. The van der Waals surface area contributed by atoms with Gasteiger partial charge in [-0.25, -0.2) is 0 Å². The van der Waals surface area contributed by atoms with Crippen LogP contribution in [-0.2, 0) is 0 Å². The summed E-state index contributed by atoms with van der Waals surface area (Å²) >= 11 is 8.40. The van der Waals surface area contributed by atoms with E-state index >= 15 is 0 Å². The molecule has 1 aromatic carbocycles. The number of nitrogens with zero attached hydrogens (tertiary/aromatic N) is 1. The Kier molecular flexibility index (Phi) is 6.07. The molecule has 0 heterocycles. The van der Waals surface area contributed by atoms with Gasteiger partial charge < -0.3 is 10.4 Å². The molecule has 0 atom stereocenters. The van der Waals surface area contributed by atoms with Crippen molar-refractivity contribution in [1.29, 1.82) is 0 Å². The number of phenolic OH excluding ortho intramolecular Hbond substituents is 1. The highest BCUT2D eigenvalue weighted by molar-refractivity contribution is 9.10. The molecule has 0 aliphatic heterocycles. The van der Waals surface area contributed by atoms with Crippen LogP contribution in [0.15, 0.2) is 27.8 Å². The highest BCUT2D eigenvalue weighted by atomic mass is 79.9. The molecule has 0 fully saturated rings. The summed E-state index contributed by atoms with van der Waals surface area (Å²) in [5.41, 5.74) is 4.20. The van der Waals surface area contributed by atoms with Crippen molar-refractivity contribution in [1.82, 2.24) is 10.7 Å². The Bertz CT molecular complexity index is 463. The number of aromatic hydroxyl groups is 1. The average molecular weight is 330 g/mol. The minimum Gasteiger partial charge on any atom is -0.507 e. The summed E-state index contributed by atoms with van der Waals surface area (Å²) < 4.78 is 0.894. The maximum Gasteiger partial charge on any atom is 0.186 e. The van der Waals surface area contributed by atoms with Crippen molar-refractivity contribution in [3.63, 3.8) is 0 Å². The molecular weight excluding hydrogens is 314 g/mol. The van der Waals surface area contributed by atoms with Gasteiger partial charge in [-0.15, -0.1) is 0 Å². The number of halogens is 1. The SMILES string of the molecule is CCNC(=S)N/N=C(\CC)c1cc(Br)ccc1O. The van der Waals surface area contributed by atoms with Crippen LogP contribution in [0.25, 0.3) is 0 Å². The topological polar surface area (TPSA) is 56.7 Å². The normalized spacial score (nSPS) is 11.2. The van der Waals surface area contributed by atoms with Crippen LogP contribution in [0.1, 0.15) is 25.8 Å². The molecule has 6 heteroatoms. The summed E-state index contributed by atoms with van der Waals surface area (Å²) in [6, 6.07) is 5.24. The fraction of sp³-hybridized carbons (Fsp3) is 0.333. The lowest BCUT2D eigenvalue weighted by Gasteiger charge is -2.09. The van der Waals surface area contributed by atoms with E-state index in [9.17, 15) is 5.11 Å². The molecule has 4 nitrogen and oxygen atoms in total. The quantitative estimate of drug-likeness (QED) is 0.451. The summed E-state index contributed by atoms with van der Waals surface area (Å²) in [6.45, 7) is 4.67. The second kappa shape index (κ2) is 7.33. The van der Waals surface area contributed by atoms with Gasteiger partial charge in [0.15, 0.2) is 5.11 Å². The fourth-order valence-electron chi connectivity index (χ4n) is 1.39. The van der Waals surface area contributed by atoms with Crippen molar-refractivity contribution < 1.29 is 5.11 Å². The van der Waals surface area contributed by atoms with Crippen LogP contribution in [-0.4, -0.2) is 22.5 Å². The molecule has 0 aliphatic rings. The summed E-state index contributed by atoms with van der Waals surface area (Å²) in [5, 5.41) is 17.5. The Morgan fingerprint density at radius 2 is 2.17 bits per heavy atom. The van der Waals surface area contributed by atoms with E-state index in [1.54, 1.807) is 12.1 Å². The Balaban J connectivity index is 2.91. The zero-order chi connectivity index (χ0) is 13.5. The monoisotopic (exact) mass is 329 g/mol. The van der Waals surface area contributed by atoms with E-state index in [0.717, 1.165) is 16.7 Å². The first-order chi connectivity index (χ1) is 8.58. The summed E-state index contributed by atoms with van der Waals surface area (Å²) in [5.74, 6) is 0.204. The van der Waals surface area contributed by atoms with Crippen LogP contribution < -0.4 is 10.7 Å². The average Bonchev–Trinajstić information content (AvgIpc) is 2.34. The van der Waals surface area contributed by atoms with Crippen molar-refractivity contribution in [3.8, 4) is 5.75 Å². The molecule has 0 spiro atoms. The Labute approximate surface area is 121 Å². The third kappa shape index (κ3) is 4.27. The number of hydrogen-bond donors (Lipinski definition) is 3. The predicted octanol–water partition coefficient (Wildman–Crippen LogP) is 2.75. The maximum absolute atomic E-state index is 9.83. The van der Waals surface area contributed by atoms with Crippen LogP contribution >= 0.6 is 28.1 Å². The summed E-state index contributed by atoms with van der Waals surface area (Å²) in [6.07, 6.45) is 0.686. The molecule has 1 rings (SSSR count). The molecule has 18 heavy (non-hydrogen) atoms. The van der Waals surface area contributed by atoms with E-state index in [1.165, 1.54) is 0 Å². The molecule has 1 aromatic rings. The minimum absolute atomic E-state index is 0.204. The van der Waals surface area contributed by atoms with Crippen molar-refractivity contribution in [2.75, 3.05) is 6.54 Å². The second-order valence-electron chi connectivity index (χ2n) is 3.54. The summed E-state index contributed by atoms with van der Waals surface area (Å²) in [4.78, 5) is 0. The number of hydrazone groups is 1. The molecule has 98 valence electrons. The van der Waals surface area contributed by atoms with Gasteiger partial charge in [-0.05, 0) is 43.8 Å². The molecule has 0 bridgehead atoms. The van der Waals surface area contributed by atoms with Crippen LogP contribution in [0.3, 0.4) is 0 Å². The first-order valence-electron chi connectivity index (χ1n) is 5.67. The van der Waals surface area contributed by atoms with Gasteiger partial charge in [-0.3, -0.25) is 5.43 Å². The van der Waals surface area contributed by atoms with Gasteiger partial charge in [-0.1, -0.05) is 22.9 Å². The zero-order valence-electron chi connectivity index (χ0n) is 10.3. The lowest BCUT2D eigenvalue weighted by atomic mass is 10.1. The van der Waals surface area contributed by atoms with E-state index in [2.05, 4.69) is 31.8 Å². The highest BCUT2D eigenvalue weighted by Crippen LogP contribution is 2.23. The number of thiocarbonyl (C=S) groups is 1. The molecule has 0 radical (unpaired) electrons. The second-order valence-corrected chi connectivity index (χ2v) is 4.87. The van der Waals surface area contributed by atoms with Crippen molar-refractivity contribution in [2.24, 2.45) is 5.10 Å². The van der Waals surface area contributed by atoms with E-state index in [1.807, 2.05) is 19.9 Å². The van der Waals surface area contributed by atoms with Gasteiger partial charge in [-0.2, -0.15) is 5.10 Å². The van der Waals surface area contributed by atoms with E-state index in [4.69, 9.17) is 12.2 Å². The Morgan fingerprint density at radius 3 is 2.78 bits per heavy atom. The third-order valence-electron chi connectivity index (χ3n) is 2.23. The molecule has 0 saturated heterocycles. The third-order valence-corrected chi connectivity index (χ3v) is 2.96. The van der Waals surface area contributed by atoms with Crippen molar-refractivity contribution in [3.05, 3.63) is 28.2 Å². The van der Waals surface area contributed by atoms with Gasteiger partial charge in [0.2, 0.25) is 0 Å². The lowest BCUT2D eigenvalue weighted by Crippen LogP contribution is -2.32. The molecule has 0 aromatic heterocycles.